The summed E-state index contributed by atoms with van der Waals surface area (Å²) >= 11 is 6.15. The monoisotopic (exact) mass is 474 g/mol. The molecule has 176 valence electrons. The number of likely N-dealkylation sites (tertiary alicyclic amines) is 1. The maximum atomic E-state index is 10.9. The SMILES string of the molecule is O=C(O)COc1ccc(O)cc1N1CC(O)C(N2CCC3(CC2)Cc2cc(Cl)ccc2O3)C1. The molecule has 0 radical (unpaired) electrons. The van der Waals surface area contributed by atoms with Crippen molar-refractivity contribution in [1.29, 1.82) is 0 Å². The van der Waals surface area contributed by atoms with Gasteiger partial charge < -0.3 is 29.7 Å². The summed E-state index contributed by atoms with van der Waals surface area (Å²) < 4.78 is 11.8. The number of ether oxygens (including phenoxy) is 2. The molecule has 3 aliphatic heterocycles. The largest absolute Gasteiger partial charge is 0.508 e. The standard InChI is InChI=1S/C24H27ClN2O6/c25-16-1-3-21-15(9-16)11-24(33-21)5-7-26(8-6-24)19-12-27(13-20(19)29)18-10-17(28)2-4-22(18)32-14-23(30)31/h1-4,9-10,19-20,28-29H,5-8,11-14H2,(H,30,31). The number of carboxylic acids is 1. The number of rotatable bonds is 5. The Labute approximate surface area is 196 Å². The van der Waals surface area contributed by atoms with Crippen LogP contribution in [0.2, 0.25) is 5.02 Å². The normalized spacial score (nSPS) is 24.0. The predicted molar refractivity (Wildman–Crippen MR) is 123 cm³/mol. The Balaban J connectivity index is 1.25. The Morgan fingerprint density at radius 2 is 1.97 bits per heavy atom. The molecule has 3 N–H and O–H groups in total. The molecule has 3 aliphatic rings. The van der Waals surface area contributed by atoms with Crippen molar-refractivity contribution in [3.8, 4) is 17.2 Å². The van der Waals surface area contributed by atoms with Crippen LogP contribution in [0.15, 0.2) is 36.4 Å². The number of halogens is 1. The molecule has 2 fully saturated rings. The van der Waals surface area contributed by atoms with E-state index in [1.54, 1.807) is 12.1 Å². The first-order valence-corrected chi connectivity index (χ1v) is 11.5. The molecule has 5 rings (SSSR count). The van der Waals surface area contributed by atoms with Crippen molar-refractivity contribution in [2.75, 3.05) is 37.7 Å². The number of phenols is 1. The van der Waals surface area contributed by atoms with Crippen molar-refractivity contribution < 1.29 is 29.6 Å². The van der Waals surface area contributed by atoms with Gasteiger partial charge in [0.15, 0.2) is 6.61 Å². The topological polar surface area (TPSA) is 103 Å². The van der Waals surface area contributed by atoms with E-state index in [2.05, 4.69) is 4.90 Å². The molecule has 0 saturated carbocycles. The number of aliphatic hydroxyl groups excluding tert-OH is 1. The van der Waals surface area contributed by atoms with Gasteiger partial charge in [-0.15, -0.1) is 0 Å². The summed E-state index contributed by atoms with van der Waals surface area (Å²) in [5.41, 5.74) is 1.52. The van der Waals surface area contributed by atoms with Crippen molar-refractivity contribution in [2.24, 2.45) is 0 Å². The summed E-state index contributed by atoms with van der Waals surface area (Å²) in [6.45, 7) is 2.07. The summed E-state index contributed by atoms with van der Waals surface area (Å²) in [6.07, 6.45) is 2.00. The third kappa shape index (κ3) is 4.43. The quantitative estimate of drug-likeness (QED) is 0.607. The molecule has 0 bridgehead atoms. The van der Waals surface area contributed by atoms with E-state index in [4.69, 9.17) is 26.2 Å². The molecule has 3 heterocycles. The molecule has 2 saturated heterocycles. The van der Waals surface area contributed by atoms with Crippen molar-refractivity contribution >= 4 is 23.3 Å². The molecule has 2 aromatic rings. The fourth-order valence-corrected chi connectivity index (χ4v) is 5.48. The van der Waals surface area contributed by atoms with Gasteiger partial charge in [-0.2, -0.15) is 0 Å². The Morgan fingerprint density at radius 1 is 1.18 bits per heavy atom. The maximum Gasteiger partial charge on any atom is 0.341 e. The van der Waals surface area contributed by atoms with Gasteiger partial charge >= 0.3 is 5.97 Å². The van der Waals surface area contributed by atoms with Crippen LogP contribution >= 0.6 is 11.6 Å². The van der Waals surface area contributed by atoms with Gasteiger partial charge in [0.1, 0.15) is 22.8 Å². The van der Waals surface area contributed by atoms with Gasteiger partial charge in [0, 0.05) is 56.5 Å². The molecule has 33 heavy (non-hydrogen) atoms. The number of fused-ring (bicyclic) bond motifs is 1. The Kier molecular flexibility index (Phi) is 5.76. The van der Waals surface area contributed by atoms with Crippen LogP contribution < -0.4 is 14.4 Å². The van der Waals surface area contributed by atoms with E-state index in [1.165, 1.54) is 6.07 Å². The number of piperidine rings is 1. The molecule has 8 nitrogen and oxygen atoms in total. The molecule has 0 aliphatic carbocycles. The van der Waals surface area contributed by atoms with Crippen LogP contribution in [0.4, 0.5) is 5.69 Å². The van der Waals surface area contributed by atoms with E-state index in [9.17, 15) is 15.0 Å². The van der Waals surface area contributed by atoms with Crippen molar-refractivity contribution in [1.82, 2.24) is 4.90 Å². The number of nitrogens with zero attached hydrogens (tertiary/aromatic N) is 2. The molecule has 2 aromatic carbocycles. The third-order valence-corrected chi connectivity index (χ3v) is 7.17. The summed E-state index contributed by atoms with van der Waals surface area (Å²) in [6, 6.07) is 10.3. The predicted octanol–water partition coefficient (Wildman–Crippen LogP) is 2.53. The Bertz CT molecular complexity index is 1060. The van der Waals surface area contributed by atoms with E-state index in [1.807, 2.05) is 23.1 Å². The lowest BCUT2D eigenvalue weighted by molar-refractivity contribution is -0.139. The number of hydrogen-bond acceptors (Lipinski definition) is 7. The van der Waals surface area contributed by atoms with Gasteiger partial charge in [0.2, 0.25) is 0 Å². The highest BCUT2D eigenvalue weighted by atomic mass is 35.5. The Morgan fingerprint density at radius 3 is 2.73 bits per heavy atom. The number of phenolic OH excluding ortho intramolecular Hbond substituents is 1. The van der Waals surface area contributed by atoms with Gasteiger partial charge in [-0.3, -0.25) is 4.90 Å². The molecular weight excluding hydrogens is 448 g/mol. The summed E-state index contributed by atoms with van der Waals surface area (Å²) in [4.78, 5) is 15.2. The molecule has 0 aromatic heterocycles. The summed E-state index contributed by atoms with van der Waals surface area (Å²) in [5, 5.41) is 30.5. The fraction of sp³-hybridized carbons (Fsp3) is 0.458. The number of aromatic hydroxyl groups is 1. The third-order valence-electron chi connectivity index (χ3n) is 6.93. The maximum absolute atomic E-state index is 10.9. The lowest BCUT2D eigenvalue weighted by Crippen LogP contribution is -2.53. The van der Waals surface area contributed by atoms with Crippen molar-refractivity contribution in [2.45, 2.75) is 37.0 Å². The first-order valence-electron chi connectivity index (χ1n) is 11.1. The highest BCUT2D eigenvalue weighted by Crippen LogP contribution is 2.43. The van der Waals surface area contributed by atoms with Crippen LogP contribution in [-0.4, -0.2) is 76.7 Å². The van der Waals surface area contributed by atoms with Gasteiger partial charge in [-0.25, -0.2) is 4.79 Å². The van der Waals surface area contributed by atoms with Crippen LogP contribution in [0.25, 0.3) is 0 Å². The number of aliphatic hydroxyl groups is 1. The fourth-order valence-electron chi connectivity index (χ4n) is 5.28. The minimum absolute atomic E-state index is 0.0589. The number of carboxylic acid groups (broad SMARTS) is 1. The zero-order valence-corrected chi connectivity index (χ0v) is 18.9. The van der Waals surface area contributed by atoms with Gasteiger partial charge in [-0.05, 0) is 35.9 Å². The van der Waals surface area contributed by atoms with Gasteiger partial charge in [0.25, 0.3) is 0 Å². The highest BCUT2D eigenvalue weighted by Gasteiger charge is 2.45. The average molecular weight is 475 g/mol. The summed E-state index contributed by atoms with van der Waals surface area (Å²) in [7, 11) is 0. The zero-order valence-electron chi connectivity index (χ0n) is 18.1. The highest BCUT2D eigenvalue weighted by molar-refractivity contribution is 6.30. The second-order valence-corrected chi connectivity index (χ2v) is 9.56. The minimum atomic E-state index is -1.07. The smallest absolute Gasteiger partial charge is 0.341 e. The first kappa shape index (κ1) is 22.1. The number of anilines is 1. The average Bonchev–Trinajstić information content (AvgIpc) is 3.33. The number of hydrogen-bond donors (Lipinski definition) is 3. The summed E-state index contributed by atoms with van der Waals surface area (Å²) in [5.74, 6) is 0.270. The molecule has 2 atom stereocenters. The van der Waals surface area contributed by atoms with E-state index >= 15 is 0 Å². The second-order valence-electron chi connectivity index (χ2n) is 9.12. The van der Waals surface area contributed by atoms with Gasteiger partial charge in [-0.1, -0.05) is 11.6 Å². The van der Waals surface area contributed by atoms with Crippen LogP contribution in [0.3, 0.4) is 0 Å². The molecular formula is C24H27ClN2O6. The van der Waals surface area contributed by atoms with E-state index in [0.29, 0.717) is 24.5 Å². The minimum Gasteiger partial charge on any atom is -0.508 e. The lowest BCUT2D eigenvalue weighted by Gasteiger charge is -2.41. The second kappa shape index (κ2) is 8.59. The Hall–Kier alpha value is -2.68. The molecule has 2 unspecified atom stereocenters. The van der Waals surface area contributed by atoms with E-state index < -0.39 is 18.7 Å². The number of aliphatic carboxylic acids is 1. The van der Waals surface area contributed by atoms with Crippen LogP contribution in [0.5, 0.6) is 17.2 Å². The van der Waals surface area contributed by atoms with Crippen LogP contribution in [0.1, 0.15) is 18.4 Å². The van der Waals surface area contributed by atoms with E-state index in [0.717, 1.165) is 48.7 Å². The van der Waals surface area contributed by atoms with Crippen LogP contribution in [-0.2, 0) is 11.2 Å². The van der Waals surface area contributed by atoms with Crippen LogP contribution in [0, 0.1) is 0 Å². The molecule has 1 spiro atoms. The zero-order chi connectivity index (χ0) is 23.2. The molecule has 9 heteroatoms. The van der Waals surface area contributed by atoms with Crippen molar-refractivity contribution in [3.63, 3.8) is 0 Å². The van der Waals surface area contributed by atoms with Crippen molar-refractivity contribution in [3.05, 3.63) is 47.0 Å². The number of β-amino-alcohol motifs (C(OH)–C–C–N with tert-alkyl or cyclic N) is 1. The lowest BCUT2D eigenvalue weighted by atomic mass is 9.86. The number of carbonyl (C=O) groups is 1. The van der Waals surface area contributed by atoms with E-state index in [-0.39, 0.29) is 17.4 Å². The van der Waals surface area contributed by atoms with Gasteiger partial charge in [0.05, 0.1) is 17.8 Å². The number of benzene rings is 2. The molecule has 0 amide bonds. The first-order chi connectivity index (χ1) is 15.8.